The van der Waals surface area contributed by atoms with Crippen molar-refractivity contribution in [2.75, 3.05) is 7.05 Å². The molecule has 0 radical (unpaired) electrons. The number of carbonyl (C=O) groups excluding carboxylic acids is 1. The minimum absolute atomic E-state index is 0.0591. The molecule has 0 aromatic heterocycles. The van der Waals surface area contributed by atoms with Crippen LogP contribution in [0.25, 0.3) is 0 Å². The molecule has 0 spiro atoms. The monoisotopic (exact) mass is 352 g/mol. The van der Waals surface area contributed by atoms with Crippen LogP contribution < -0.4 is 10.0 Å². The van der Waals surface area contributed by atoms with Crippen molar-refractivity contribution >= 4 is 27.5 Å². The van der Waals surface area contributed by atoms with E-state index in [0.717, 1.165) is 5.56 Å². The van der Waals surface area contributed by atoms with Gasteiger partial charge in [-0.3, -0.25) is 4.79 Å². The summed E-state index contributed by atoms with van der Waals surface area (Å²) in [6.07, 6.45) is 0.257. The van der Waals surface area contributed by atoms with Gasteiger partial charge in [0.25, 0.3) is 0 Å². The second kappa shape index (κ2) is 7.59. The summed E-state index contributed by atoms with van der Waals surface area (Å²) in [5.41, 5.74) is 0.861. The van der Waals surface area contributed by atoms with Crippen LogP contribution in [0.3, 0.4) is 0 Å². The molecule has 0 aliphatic heterocycles. The Morgan fingerprint density at radius 1 is 1.09 bits per heavy atom. The summed E-state index contributed by atoms with van der Waals surface area (Å²) in [4.78, 5) is 12.1. The van der Waals surface area contributed by atoms with Gasteiger partial charge in [-0.2, -0.15) is 4.72 Å². The Balaban J connectivity index is 2.23. The predicted octanol–water partition coefficient (Wildman–Crippen LogP) is 1.98. The van der Waals surface area contributed by atoms with E-state index in [2.05, 4.69) is 10.0 Å². The van der Waals surface area contributed by atoms with Crippen molar-refractivity contribution in [2.24, 2.45) is 0 Å². The van der Waals surface area contributed by atoms with Crippen LogP contribution in [0.2, 0.25) is 5.02 Å². The van der Waals surface area contributed by atoms with Gasteiger partial charge in [-0.1, -0.05) is 41.9 Å². The van der Waals surface area contributed by atoms with Gasteiger partial charge in [-0.05, 0) is 36.2 Å². The van der Waals surface area contributed by atoms with Gasteiger partial charge < -0.3 is 5.32 Å². The normalized spacial score (nSPS) is 12.6. The zero-order valence-electron chi connectivity index (χ0n) is 12.5. The van der Waals surface area contributed by atoms with Gasteiger partial charge >= 0.3 is 0 Å². The van der Waals surface area contributed by atoms with Crippen molar-refractivity contribution in [3.8, 4) is 0 Å². The first-order valence-corrected chi connectivity index (χ1v) is 8.82. The number of amides is 1. The smallest absolute Gasteiger partial charge is 0.241 e. The quantitative estimate of drug-likeness (QED) is 0.834. The first-order valence-electron chi connectivity index (χ1n) is 6.96. The Bertz CT molecular complexity index is 762. The molecule has 1 atom stereocenters. The average molecular weight is 353 g/mol. The molecule has 0 fully saturated rings. The molecule has 122 valence electrons. The molecule has 0 aliphatic carbocycles. The lowest BCUT2D eigenvalue weighted by atomic mass is 10.1. The van der Waals surface area contributed by atoms with E-state index in [4.69, 9.17) is 11.6 Å². The topological polar surface area (TPSA) is 75.3 Å². The van der Waals surface area contributed by atoms with Crippen LogP contribution in [0.1, 0.15) is 5.56 Å². The molecule has 2 aromatic carbocycles. The summed E-state index contributed by atoms with van der Waals surface area (Å²) < 4.78 is 27.3. The third kappa shape index (κ3) is 4.79. The van der Waals surface area contributed by atoms with E-state index in [-0.39, 0.29) is 11.3 Å². The number of nitrogens with one attached hydrogen (secondary N) is 2. The third-order valence-corrected chi connectivity index (χ3v) is 5.01. The molecule has 23 heavy (non-hydrogen) atoms. The summed E-state index contributed by atoms with van der Waals surface area (Å²) in [5, 5.41) is 2.92. The fourth-order valence-corrected chi connectivity index (χ4v) is 3.40. The van der Waals surface area contributed by atoms with Crippen LogP contribution in [-0.2, 0) is 21.2 Å². The van der Waals surface area contributed by atoms with E-state index in [1.54, 1.807) is 0 Å². The number of carbonyl (C=O) groups is 1. The number of hydrogen-bond donors (Lipinski definition) is 2. The lowest BCUT2D eigenvalue weighted by Gasteiger charge is -2.17. The summed E-state index contributed by atoms with van der Waals surface area (Å²) in [6, 6.07) is 14.1. The minimum atomic E-state index is -3.82. The molecule has 7 heteroatoms. The predicted molar refractivity (Wildman–Crippen MR) is 89.8 cm³/mol. The largest absolute Gasteiger partial charge is 0.358 e. The number of halogens is 1. The third-order valence-electron chi connectivity index (χ3n) is 3.27. The Morgan fingerprint density at radius 2 is 1.70 bits per heavy atom. The average Bonchev–Trinajstić information content (AvgIpc) is 2.54. The van der Waals surface area contributed by atoms with Crippen molar-refractivity contribution in [1.82, 2.24) is 10.0 Å². The highest BCUT2D eigenvalue weighted by Crippen LogP contribution is 2.15. The first kappa shape index (κ1) is 17.5. The Morgan fingerprint density at radius 3 is 2.26 bits per heavy atom. The van der Waals surface area contributed by atoms with Gasteiger partial charge in [0.15, 0.2) is 0 Å². The molecule has 2 aromatic rings. The molecule has 1 amide bonds. The lowest BCUT2D eigenvalue weighted by Crippen LogP contribution is -2.46. The van der Waals surface area contributed by atoms with Crippen LogP contribution in [0.4, 0.5) is 0 Å². The van der Waals surface area contributed by atoms with E-state index in [9.17, 15) is 13.2 Å². The zero-order valence-corrected chi connectivity index (χ0v) is 14.1. The second-order valence-electron chi connectivity index (χ2n) is 4.93. The maximum absolute atomic E-state index is 12.4. The molecule has 2 N–H and O–H groups in total. The van der Waals surface area contributed by atoms with Crippen molar-refractivity contribution in [2.45, 2.75) is 17.4 Å². The van der Waals surface area contributed by atoms with E-state index >= 15 is 0 Å². The van der Waals surface area contributed by atoms with Crippen molar-refractivity contribution in [1.29, 1.82) is 0 Å². The lowest BCUT2D eigenvalue weighted by molar-refractivity contribution is -0.122. The van der Waals surface area contributed by atoms with Gasteiger partial charge in [-0.15, -0.1) is 0 Å². The number of likely N-dealkylation sites (N-methyl/N-ethyl adjacent to an activating group) is 1. The molecule has 0 saturated heterocycles. The highest BCUT2D eigenvalue weighted by Gasteiger charge is 2.25. The SMILES string of the molecule is CNC(=O)[C@H](Cc1ccccc1)NS(=O)(=O)c1ccc(Cl)cc1. The van der Waals surface area contributed by atoms with Crippen LogP contribution in [0, 0.1) is 0 Å². The number of rotatable bonds is 6. The maximum atomic E-state index is 12.4. The first-order chi connectivity index (χ1) is 10.9. The van der Waals surface area contributed by atoms with Crippen molar-refractivity contribution in [3.05, 3.63) is 65.2 Å². The summed E-state index contributed by atoms with van der Waals surface area (Å²) in [5.74, 6) is -0.397. The van der Waals surface area contributed by atoms with E-state index in [1.165, 1.54) is 31.3 Å². The fraction of sp³-hybridized carbons (Fsp3) is 0.188. The molecule has 0 aliphatic rings. The molecule has 2 rings (SSSR count). The molecule has 0 saturated carbocycles. The highest BCUT2D eigenvalue weighted by atomic mass is 35.5. The minimum Gasteiger partial charge on any atom is -0.358 e. The Kier molecular flexibility index (Phi) is 5.76. The maximum Gasteiger partial charge on any atom is 0.241 e. The number of hydrogen-bond acceptors (Lipinski definition) is 3. The van der Waals surface area contributed by atoms with E-state index in [1.807, 2.05) is 30.3 Å². The number of benzene rings is 2. The molecule has 5 nitrogen and oxygen atoms in total. The fourth-order valence-electron chi connectivity index (χ4n) is 2.08. The van der Waals surface area contributed by atoms with Crippen molar-refractivity contribution in [3.63, 3.8) is 0 Å². The van der Waals surface area contributed by atoms with E-state index in [0.29, 0.717) is 5.02 Å². The van der Waals surface area contributed by atoms with E-state index < -0.39 is 22.0 Å². The standard InChI is InChI=1S/C16H17ClN2O3S/c1-18-16(20)15(11-12-5-3-2-4-6-12)19-23(21,22)14-9-7-13(17)8-10-14/h2-10,15,19H,11H2,1H3,(H,18,20)/t15-/m0/s1. The summed E-state index contributed by atoms with van der Waals surface area (Å²) >= 11 is 5.77. The second-order valence-corrected chi connectivity index (χ2v) is 7.08. The van der Waals surface area contributed by atoms with Gasteiger partial charge in [0.05, 0.1) is 4.90 Å². The Hall–Kier alpha value is -1.89. The molecule has 0 heterocycles. The summed E-state index contributed by atoms with van der Waals surface area (Å²) in [6.45, 7) is 0. The van der Waals surface area contributed by atoms with Gasteiger partial charge in [0.2, 0.25) is 15.9 Å². The van der Waals surface area contributed by atoms with Crippen LogP contribution in [0.5, 0.6) is 0 Å². The molecular formula is C16H17ClN2O3S. The van der Waals surface area contributed by atoms with Gasteiger partial charge in [0, 0.05) is 12.1 Å². The molecular weight excluding hydrogens is 336 g/mol. The van der Waals surface area contributed by atoms with Crippen LogP contribution >= 0.6 is 11.6 Å². The zero-order chi connectivity index (χ0) is 16.9. The highest BCUT2D eigenvalue weighted by molar-refractivity contribution is 7.89. The molecule has 0 unspecified atom stereocenters. The number of sulfonamides is 1. The molecule has 0 bridgehead atoms. The Labute approximate surface area is 140 Å². The van der Waals surface area contributed by atoms with Gasteiger partial charge in [0.1, 0.15) is 6.04 Å². The van der Waals surface area contributed by atoms with Crippen molar-refractivity contribution < 1.29 is 13.2 Å². The van der Waals surface area contributed by atoms with Gasteiger partial charge in [-0.25, -0.2) is 8.42 Å². The summed E-state index contributed by atoms with van der Waals surface area (Å²) in [7, 11) is -2.35. The van der Waals surface area contributed by atoms with Crippen LogP contribution in [-0.4, -0.2) is 27.4 Å². The van der Waals surface area contributed by atoms with Crippen LogP contribution in [0.15, 0.2) is 59.5 Å².